The molecule has 0 saturated heterocycles. The summed E-state index contributed by atoms with van der Waals surface area (Å²) in [5.74, 6) is 8.06. The molecule has 0 atom stereocenters. The molecular weight excluding hydrogens is 295 g/mol. The fraction of sp³-hybridized carbons (Fsp3) is 0.312. The van der Waals surface area contributed by atoms with Crippen molar-refractivity contribution < 1.29 is 4.74 Å². The molecular formula is C16H21GeNO. The summed E-state index contributed by atoms with van der Waals surface area (Å²) in [5, 5.41) is 0. The Labute approximate surface area is 118 Å². The Morgan fingerprint density at radius 2 is 1.84 bits per heavy atom. The van der Waals surface area contributed by atoms with Crippen molar-refractivity contribution in [1.29, 1.82) is 0 Å². The number of ether oxygens (including phenoxy) is 1. The summed E-state index contributed by atoms with van der Waals surface area (Å²) in [6.45, 7) is 2.19. The van der Waals surface area contributed by atoms with Crippen LogP contribution in [0.4, 0.5) is 0 Å². The molecule has 1 aromatic heterocycles. The van der Waals surface area contributed by atoms with Gasteiger partial charge in [-0.05, 0) is 0 Å². The third-order valence-electron chi connectivity index (χ3n) is 3.28. The summed E-state index contributed by atoms with van der Waals surface area (Å²) >= 11 is -1.81. The second kappa shape index (κ2) is 5.37. The van der Waals surface area contributed by atoms with Crippen LogP contribution in [0.25, 0.3) is 11.3 Å². The molecule has 0 radical (unpaired) electrons. The van der Waals surface area contributed by atoms with Gasteiger partial charge in [-0.25, -0.2) is 0 Å². The number of pyridine rings is 1. The van der Waals surface area contributed by atoms with Crippen LogP contribution in [-0.4, -0.2) is 25.4 Å². The molecule has 0 amide bonds. The van der Waals surface area contributed by atoms with E-state index in [0.29, 0.717) is 0 Å². The van der Waals surface area contributed by atoms with Gasteiger partial charge in [0.2, 0.25) is 0 Å². The molecule has 2 aromatic rings. The zero-order valence-electron chi connectivity index (χ0n) is 12.3. The van der Waals surface area contributed by atoms with Crippen LogP contribution >= 0.6 is 0 Å². The van der Waals surface area contributed by atoms with Crippen LogP contribution in [0.2, 0.25) is 17.3 Å². The van der Waals surface area contributed by atoms with Crippen molar-refractivity contribution in [3.05, 3.63) is 42.1 Å². The van der Waals surface area contributed by atoms with E-state index >= 15 is 0 Å². The summed E-state index contributed by atoms with van der Waals surface area (Å²) < 4.78 is 6.74. The molecule has 2 rings (SSSR count). The molecule has 3 heteroatoms. The van der Waals surface area contributed by atoms with E-state index in [2.05, 4.69) is 47.5 Å². The van der Waals surface area contributed by atoms with Gasteiger partial charge in [0, 0.05) is 0 Å². The molecule has 0 fully saturated rings. The number of rotatable bonds is 3. The van der Waals surface area contributed by atoms with Crippen LogP contribution in [0.3, 0.4) is 0 Å². The summed E-state index contributed by atoms with van der Waals surface area (Å²) in [6, 6.07) is 10.2. The van der Waals surface area contributed by atoms with Gasteiger partial charge >= 0.3 is 118 Å². The Bertz CT molecular complexity index is 588. The predicted octanol–water partition coefficient (Wildman–Crippen LogP) is 3.61. The molecule has 0 spiro atoms. The van der Waals surface area contributed by atoms with Crippen molar-refractivity contribution in [1.82, 2.24) is 4.98 Å². The van der Waals surface area contributed by atoms with Crippen molar-refractivity contribution in [2.75, 3.05) is 7.11 Å². The first-order valence-electron chi connectivity index (χ1n) is 6.53. The molecule has 0 saturated carbocycles. The van der Waals surface area contributed by atoms with E-state index in [-0.39, 0.29) is 0 Å². The SMILES string of the molecule is COc1cccc(-c2cc(C)[c]([Ge]([CH3])([CH3])[CH3])cn2)c1. The minimum atomic E-state index is -1.81. The number of aryl methyl sites for hydroxylation is 1. The predicted molar refractivity (Wildman–Crippen MR) is 83.9 cm³/mol. The molecule has 2 nitrogen and oxygen atoms in total. The number of benzene rings is 1. The van der Waals surface area contributed by atoms with Gasteiger partial charge in [-0.15, -0.1) is 0 Å². The van der Waals surface area contributed by atoms with Gasteiger partial charge in [0.15, 0.2) is 0 Å². The van der Waals surface area contributed by atoms with Crippen LogP contribution in [-0.2, 0) is 0 Å². The number of hydrogen-bond acceptors (Lipinski definition) is 2. The van der Waals surface area contributed by atoms with Crippen molar-refractivity contribution >= 4 is 17.7 Å². The first-order chi connectivity index (χ1) is 8.91. The van der Waals surface area contributed by atoms with Crippen molar-refractivity contribution in [3.8, 4) is 17.0 Å². The van der Waals surface area contributed by atoms with Gasteiger partial charge in [-0.3, -0.25) is 0 Å². The van der Waals surface area contributed by atoms with E-state index < -0.39 is 13.3 Å². The van der Waals surface area contributed by atoms with E-state index in [1.807, 2.05) is 18.2 Å². The quantitative estimate of drug-likeness (QED) is 0.807. The Balaban J connectivity index is 2.44. The summed E-state index contributed by atoms with van der Waals surface area (Å²) in [5.41, 5.74) is 3.49. The monoisotopic (exact) mass is 317 g/mol. The second-order valence-corrected chi connectivity index (χ2v) is 16.4. The number of methoxy groups -OCH3 is 1. The van der Waals surface area contributed by atoms with E-state index in [0.717, 1.165) is 17.0 Å². The Kier molecular flexibility index (Phi) is 4.00. The van der Waals surface area contributed by atoms with E-state index in [1.165, 1.54) is 9.96 Å². The number of hydrogen-bond donors (Lipinski definition) is 0. The Morgan fingerprint density at radius 3 is 2.42 bits per heavy atom. The Morgan fingerprint density at radius 1 is 1.11 bits per heavy atom. The van der Waals surface area contributed by atoms with Gasteiger partial charge in [-0.2, -0.15) is 0 Å². The van der Waals surface area contributed by atoms with E-state index in [9.17, 15) is 0 Å². The van der Waals surface area contributed by atoms with Crippen LogP contribution in [0, 0.1) is 6.92 Å². The molecule has 1 heterocycles. The van der Waals surface area contributed by atoms with Crippen LogP contribution in [0.15, 0.2) is 36.5 Å². The third kappa shape index (κ3) is 3.18. The second-order valence-electron chi connectivity index (χ2n) is 5.87. The van der Waals surface area contributed by atoms with Crippen LogP contribution in [0.1, 0.15) is 5.56 Å². The fourth-order valence-electron chi connectivity index (χ4n) is 2.28. The molecule has 0 aliphatic heterocycles. The van der Waals surface area contributed by atoms with Gasteiger partial charge < -0.3 is 0 Å². The van der Waals surface area contributed by atoms with Crippen molar-refractivity contribution in [3.63, 3.8) is 0 Å². The van der Waals surface area contributed by atoms with Gasteiger partial charge in [0.1, 0.15) is 0 Å². The zero-order valence-corrected chi connectivity index (χ0v) is 14.4. The molecule has 0 aliphatic carbocycles. The number of aromatic nitrogens is 1. The topological polar surface area (TPSA) is 22.1 Å². The number of nitrogens with zero attached hydrogens (tertiary/aromatic N) is 1. The summed E-state index contributed by atoms with van der Waals surface area (Å²) in [7, 11) is 1.69. The van der Waals surface area contributed by atoms with Gasteiger partial charge in [0.05, 0.1) is 0 Å². The first kappa shape index (κ1) is 14.1. The normalized spacial score (nSPS) is 11.4. The molecule has 0 bridgehead atoms. The fourth-order valence-corrected chi connectivity index (χ4v) is 5.86. The van der Waals surface area contributed by atoms with E-state index in [1.54, 1.807) is 7.11 Å². The van der Waals surface area contributed by atoms with Crippen LogP contribution < -0.4 is 9.13 Å². The molecule has 0 unspecified atom stereocenters. The average Bonchev–Trinajstić information content (AvgIpc) is 2.37. The molecule has 0 aliphatic rings. The van der Waals surface area contributed by atoms with E-state index in [4.69, 9.17) is 4.74 Å². The molecule has 0 N–H and O–H groups in total. The Hall–Kier alpha value is -1.29. The van der Waals surface area contributed by atoms with Crippen molar-refractivity contribution in [2.24, 2.45) is 0 Å². The molecule has 1 aromatic carbocycles. The standard InChI is InChI=1S/C16H21GeNO/c1-12-9-16(18-11-15(12)17(2,3)4)13-7-6-8-14(10-13)19-5/h6-11H,1-5H3. The van der Waals surface area contributed by atoms with Crippen LogP contribution in [0.5, 0.6) is 5.75 Å². The summed E-state index contributed by atoms with van der Waals surface area (Å²) in [4.78, 5) is 4.64. The maximum atomic E-state index is 5.27. The third-order valence-corrected chi connectivity index (χ3v) is 7.77. The maximum absolute atomic E-state index is 5.27. The van der Waals surface area contributed by atoms with Gasteiger partial charge in [-0.1, -0.05) is 0 Å². The first-order valence-corrected chi connectivity index (χ1v) is 13.9. The molecule has 19 heavy (non-hydrogen) atoms. The molecule has 100 valence electrons. The zero-order chi connectivity index (χ0) is 14.0. The average molecular weight is 316 g/mol. The minimum absolute atomic E-state index is 0.870. The van der Waals surface area contributed by atoms with Gasteiger partial charge in [0.25, 0.3) is 0 Å². The van der Waals surface area contributed by atoms with Crippen molar-refractivity contribution in [2.45, 2.75) is 24.2 Å². The summed E-state index contributed by atoms with van der Waals surface area (Å²) in [6.07, 6.45) is 2.07.